The molecule has 5 nitrogen and oxygen atoms in total. The van der Waals surface area contributed by atoms with Crippen molar-refractivity contribution in [1.29, 1.82) is 0 Å². The van der Waals surface area contributed by atoms with E-state index in [1.807, 2.05) is 0 Å². The van der Waals surface area contributed by atoms with Crippen LogP contribution in [0, 0.1) is 0 Å². The van der Waals surface area contributed by atoms with Crippen LogP contribution in [0.4, 0.5) is 11.4 Å². The first kappa shape index (κ1) is 14.9. The number of benzene rings is 2. The molecule has 0 aromatic heterocycles. The smallest absolute Gasteiger partial charge is 0.264 e. The van der Waals surface area contributed by atoms with E-state index < -0.39 is 0 Å². The normalized spacial score (nSPS) is 10.2. The molecule has 0 fully saturated rings. The summed E-state index contributed by atoms with van der Waals surface area (Å²) in [5.41, 5.74) is 7.66. The number of carbonyl (C=O) groups is 1. The standard InChI is InChI=1S/C16H18N2O3/c1-18(14-8-6-13(17)7-9-14)16(20)11-21-15-5-3-2-4-12(15)10-19/h2-9,19H,10-11,17H2,1H3. The average molecular weight is 286 g/mol. The van der Waals surface area contributed by atoms with Crippen molar-refractivity contribution in [3.05, 3.63) is 54.1 Å². The molecule has 2 aromatic carbocycles. The Morgan fingerprint density at radius 3 is 2.52 bits per heavy atom. The van der Waals surface area contributed by atoms with Crippen LogP contribution < -0.4 is 15.4 Å². The van der Waals surface area contributed by atoms with E-state index in [0.717, 1.165) is 5.69 Å². The van der Waals surface area contributed by atoms with Crippen molar-refractivity contribution in [2.45, 2.75) is 6.61 Å². The number of nitrogen functional groups attached to an aromatic ring is 1. The summed E-state index contributed by atoms with van der Waals surface area (Å²) in [5, 5.41) is 9.21. The molecule has 0 atom stereocenters. The van der Waals surface area contributed by atoms with E-state index >= 15 is 0 Å². The summed E-state index contributed by atoms with van der Waals surface area (Å²) in [4.78, 5) is 13.6. The van der Waals surface area contributed by atoms with E-state index in [2.05, 4.69) is 0 Å². The van der Waals surface area contributed by atoms with Gasteiger partial charge in [0.2, 0.25) is 0 Å². The molecule has 0 aliphatic heterocycles. The van der Waals surface area contributed by atoms with E-state index in [-0.39, 0.29) is 19.1 Å². The molecule has 0 heterocycles. The van der Waals surface area contributed by atoms with Crippen LogP contribution in [0.5, 0.6) is 5.75 Å². The molecule has 0 bridgehead atoms. The third-order valence-corrected chi connectivity index (χ3v) is 3.15. The zero-order valence-corrected chi connectivity index (χ0v) is 11.8. The summed E-state index contributed by atoms with van der Waals surface area (Å²) in [5.74, 6) is 0.326. The van der Waals surface area contributed by atoms with Crippen LogP contribution >= 0.6 is 0 Å². The lowest BCUT2D eigenvalue weighted by molar-refractivity contribution is -0.120. The number of likely N-dealkylation sites (N-methyl/N-ethyl adjacent to an activating group) is 1. The number of hydrogen-bond acceptors (Lipinski definition) is 4. The van der Waals surface area contributed by atoms with Crippen LogP contribution in [0.1, 0.15) is 5.56 Å². The Bertz CT molecular complexity index is 611. The first-order valence-electron chi connectivity index (χ1n) is 6.55. The maximum atomic E-state index is 12.1. The Morgan fingerprint density at radius 2 is 1.86 bits per heavy atom. The second-order valence-electron chi connectivity index (χ2n) is 4.60. The van der Waals surface area contributed by atoms with Gasteiger partial charge >= 0.3 is 0 Å². The van der Waals surface area contributed by atoms with E-state index in [1.165, 1.54) is 4.90 Å². The first-order chi connectivity index (χ1) is 10.1. The monoisotopic (exact) mass is 286 g/mol. The van der Waals surface area contributed by atoms with Gasteiger partial charge in [0.25, 0.3) is 5.91 Å². The van der Waals surface area contributed by atoms with Crippen LogP contribution in [-0.2, 0) is 11.4 Å². The summed E-state index contributed by atoms with van der Waals surface area (Å²) in [6.45, 7) is -0.226. The van der Waals surface area contributed by atoms with Crippen molar-refractivity contribution < 1.29 is 14.6 Å². The molecule has 0 aliphatic rings. The lowest BCUT2D eigenvalue weighted by Crippen LogP contribution is -2.31. The topological polar surface area (TPSA) is 75.8 Å². The molecule has 0 aliphatic carbocycles. The maximum absolute atomic E-state index is 12.1. The summed E-state index contributed by atoms with van der Waals surface area (Å²) in [7, 11) is 1.68. The zero-order valence-electron chi connectivity index (χ0n) is 11.8. The molecule has 0 spiro atoms. The second-order valence-corrected chi connectivity index (χ2v) is 4.60. The van der Waals surface area contributed by atoms with Crippen LogP contribution in [0.3, 0.4) is 0 Å². The molecule has 0 radical (unpaired) electrons. The van der Waals surface area contributed by atoms with Gasteiger partial charge in [0.15, 0.2) is 6.61 Å². The third kappa shape index (κ3) is 3.73. The van der Waals surface area contributed by atoms with E-state index in [0.29, 0.717) is 17.0 Å². The largest absolute Gasteiger partial charge is 0.483 e. The summed E-state index contributed by atoms with van der Waals surface area (Å²) >= 11 is 0. The number of aliphatic hydroxyl groups excluding tert-OH is 1. The van der Waals surface area contributed by atoms with Crippen LogP contribution in [0.25, 0.3) is 0 Å². The fraction of sp³-hybridized carbons (Fsp3) is 0.188. The molecular weight excluding hydrogens is 268 g/mol. The molecule has 110 valence electrons. The SMILES string of the molecule is CN(C(=O)COc1ccccc1CO)c1ccc(N)cc1. The molecule has 3 N–H and O–H groups in total. The Morgan fingerprint density at radius 1 is 1.19 bits per heavy atom. The summed E-state index contributed by atoms with van der Waals surface area (Å²) < 4.78 is 5.48. The van der Waals surface area contributed by atoms with Crippen molar-refractivity contribution in [3.8, 4) is 5.75 Å². The van der Waals surface area contributed by atoms with Gasteiger partial charge in [-0.15, -0.1) is 0 Å². The minimum atomic E-state index is -0.187. The van der Waals surface area contributed by atoms with Crippen LogP contribution in [0.15, 0.2) is 48.5 Å². The number of para-hydroxylation sites is 1. The summed E-state index contributed by atoms with van der Waals surface area (Å²) in [6.07, 6.45) is 0. The van der Waals surface area contributed by atoms with Gasteiger partial charge in [-0.2, -0.15) is 0 Å². The Kier molecular flexibility index (Phi) is 4.79. The number of nitrogens with zero attached hydrogens (tertiary/aromatic N) is 1. The molecule has 0 saturated heterocycles. The van der Waals surface area contributed by atoms with Crippen LogP contribution in [-0.4, -0.2) is 24.7 Å². The number of aliphatic hydroxyl groups is 1. The van der Waals surface area contributed by atoms with Gasteiger partial charge < -0.3 is 20.5 Å². The Hall–Kier alpha value is -2.53. The molecule has 0 saturated carbocycles. The minimum Gasteiger partial charge on any atom is -0.483 e. The van der Waals surface area contributed by atoms with Crippen molar-refractivity contribution >= 4 is 17.3 Å². The number of ether oxygens (including phenoxy) is 1. The van der Waals surface area contributed by atoms with Crippen molar-refractivity contribution in [3.63, 3.8) is 0 Å². The molecule has 2 rings (SSSR count). The van der Waals surface area contributed by atoms with Gasteiger partial charge in [0.05, 0.1) is 6.61 Å². The molecule has 21 heavy (non-hydrogen) atoms. The number of nitrogens with two attached hydrogens (primary N) is 1. The lowest BCUT2D eigenvalue weighted by atomic mass is 10.2. The number of amides is 1. The molecule has 5 heteroatoms. The van der Waals surface area contributed by atoms with Gasteiger partial charge in [-0.25, -0.2) is 0 Å². The lowest BCUT2D eigenvalue weighted by Gasteiger charge is -2.18. The predicted molar refractivity (Wildman–Crippen MR) is 82.1 cm³/mol. The van der Waals surface area contributed by atoms with Gasteiger partial charge in [-0.3, -0.25) is 4.79 Å². The second kappa shape index (κ2) is 6.76. The zero-order chi connectivity index (χ0) is 15.2. The highest BCUT2D eigenvalue weighted by Gasteiger charge is 2.12. The molecular formula is C16H18N2O3. The maximum Gasteiger partial charge on any atom is 0.264 e. The van der Waals surface area contributed by atoms with Crippen molar-refractivity contribution in [2.24, 2.45) is 0 Å². The minimum absolute atomic E-state index is 0.0993. The highest BCUT2D eigenvalue weighted by molar-refractivity contribution is 5.94. The van der Waals surface area contributed by atoms with Crippen molar-refractivity contribution in [1.82, 2.24) is 0 Å². The number of carbonyl (C=O) groups excluding carboxylic acids is 1. The van der Waals surface area contributed by atoms with Gasteiger partial charge in [-0.1, -0.05) is 18.2 Å². The molecule has 2 aromatic rings. The van der Waals surface area contributed by atoms with E-state index in [9.17, 15) is 9.90 Å². The van der Waals surface area contributed by atoms with E-state index in [4.69, 9.17) is 10.5 Å². The highest BCUT2D eigenvalue weighted by atomic mass is 16.5. The quantitative estimate of drug-likeness (QED) is 0.822. The number of hydrogen-bond donors (Lipinski definition) is 2. The van der Waals surface area contributed by atoms with Gasteiger partial charge in [0, 0.05) is 24.0 Å². The van der Waals surface area contributed by atoms with Crippen LogP contribution in [0.2, 0.25) is 0 Å². The third-order valence-electron chi connectivity index (χ3n) is 3.15. The Balaban J connectivity index is 1.99. The number of anilines is 2. The Labute approximate surface area is 123 Å². The first-order valence-corrected chi connectivity index (χ1v) is 6.55. The van der Waals surface area contributed by atoms with Crippen molar-refractivity contribution in [2.75, 3.05) is 24.3 Å². The summed E-state index contributed by atoms with van der Waals surface area (Å²) in [6, 6.07) is 14.1. The fourth-order valence-electron chi connectivity index (χ4n) is 1.85. The van der Waals surface area contributed by atoms with Gasteiger partial charge in [-0.05, 0) is 30.3 Å². The highest BCUT2D eigenvalue weighted by Crippen LogP contribution is 2.19. The molecule has 0 unspecified atom stereocenters. The fourth-order valence-corrected chi connectivity index (χ4v) is 1.85. The molecule has 1 amide bonds. The number of rotatable bonds is 5. The average Bonchev–Trinajstić information content (AvgIpc) is 2.52. The van der Waals surface area contributed by atoms with Gasteiger partial charge in [0.1, 0.15) is 5.75 Å². The predicted octanol–water partition coefficient (Wildman–Crippen LogP) is 1.80. The van der Waals surface area contributed by atoms with E-state index in [1.54, 1.807) is 55.6 Å².